The predicted octanol–water partition coefficient (Wildman–Crippen LogP) is 4.62. The molecule has 136 valence electrons. The van der Waals surface area contributed by atoms with E-state index in [-0.39, 0.29) is 23.0 Å². The zero-order valence-electron chi connectivity index (χ0n) is 14.7. The van der Waals surface area contributed by atoms with Crippen LogP contribution in [0.1, 0.15) is 26.3 Å². The van der Waals surface area contributed by atoms with Gasteiger partial charge in [0.15, 0.2) is 0 Å². The lowest BCUT2D eigenvalue weighted by Crippen LogP contribution is -2.37. The van der Waals surface area contributed by atoms with Gasteiger partial charge in [-0.15, -0.1) is 0 Å². The minimum Gasteiger partial charge on any atom is -0.443 e. The van der Waals surface area contributed by atoms with Gasteiger partial charge in [-0.3, -0.25) is 0 Å². The van der Waals surface area contributed by atoms with Gasteiger partial charge in [0.1, 0.15) is 23.3 Å². The van der Waals surface area contributed by atoms with Gasteiger partial charge in [0, 0.05) is 12.7 Å². The maximum absolute atomic E-state index is 13.6. The summed E-state index contributed by atoms with van der Waals surface area (Å²) in [5, 5.41) is 12.5. The van der Waals surface area contributed by atoms with E-state index < -0.39 is 17.5 Å². The van der Waals surface area contributed by atoms with E-state index in [0.29, 0.717) is 5.56 Å². The van der Waals surface area contributed by atoms with Gasteiger partial charge in [-0.05, 0) is 50.6 Å². The highest BCUT2D eigenvalue weighted by Gasteiger charge is 2.25. The first-order valence-corrected chi connectivity index (χ1v) is 8.28. The number of carbonyl (C=O) groups excluding carboxylic acids is 1. The third-order valence-electron chi connectivity index (χ3n) is 3.26. The SMILES string of the molecule is CC(C)(C)OC(=O)N1C=CC=CC(C#N)=C1NCc1ccc(Cl)c(F)c1. The molecule has 0 spiro atoms. The molecule has 0 saturated heterocycles. The highest BCUT2D eigenvalue weighted by Crippen LogP contribution is 2.20. The second kappa shape index (κ2) is 8.07. The highest BCUT2D eigenvalue weighted by atomic mass is 35.5. The molecule has 1 amide bonds. The van der Waals surface area contributed by atoms with Gasteiger partial charge in [-0.1, -0.05) is 23.7 Å². The summed E-state index contributed by atoms with van der Waals surface area (Å²) in [6.45, 7) is 5.45. The fraction of sp³-hybridized carbons (Fsp3) is 0.263. The largest absolute Gasteiger partial charge is 0.443 e. The van der Waals surface area contributed by atoms with E-state index in [1.807, 2.05) is 6.07 Å². The molecule has 1 aromatic rings. The first kappa shape index (κ1) is 19.5. The number of rotatable bonds is 3. The van der Waals surface area contributed by atoms with Crippen molar-refractivity contribution in [1.29, 1.82) is 5.26 Å². The quantitative estimate of drug-likeness (QED) is 0.836. The Morgan fingerprint density at radius 3 is 2.73 bits per heavy atom. The Morgan fingerprint density at radius 1 is 1.38 bits per heavy atom. The fourth-order valence-corrected chi connectivity index (χ4v) is 2.26. The topological polar surface area (TPSA) is 65.4 Å². The van der Waals surface area contributed by atoms with Crippen LogP contribution in [0.4, 0.5) is 9.18 Å². The van der Waals surface area contributed by atoms with E-state index in [0.717, 1.165) is 0 Å². The molecule has 0 fully saturated rings. The first-order valence-electron chi connectivity index (χ1n) is 7.90. The molecule has 1 aliphatic rings. The van der Waals surface area contributed by atoms with Crippen LogP contribution in [0.5, 0.6) is 0 Å². The average Bonchev–Trinajstić information content (AvgIpc) is 2.76. The molecular formula is C19H19ClFN3O2. The smallest absolute Gasteiger partial charge is 0.420 e. The van der Waals surface area contributed by atoms with Gasteiger partial charge in [0.25, 0.3) is 0 Å². The molecule has 0 bridgehead atoms. The van der Waals surface area contributed by atoms with Crippen molar-refractivity contribution in [1.82, 2.24) is 10.2 Å². The van der Waals surface area contributed by atoms with Crippen molar-refractivity contribution in [3.63, 3.8) is 0 Å². The molecular weight excluding hydrogens is 357 g/mol. The number of ether oxygens (including phenoxy) is 1. The number of hydrogen-bond acceptors (Lipinski definition) is 4. The van der Waals surface area contributed by atoms with Gasteiger partial charge >= 0.3 is 6.09 Å². The number of amides is 1. The van der Waals surface area contributed by atoms with Gasteiger partial charge in [0.2, 0.25) is 0 Å². The van der Waals surface area contributed by atoms with E-state index in [9.17, 15) is 14.4 Å². The molecule has 1 N–H and O–H groups in total. The molecule has 1 aliphatic heterocycles. The zero-order chi connectivity index (χ0) is 19.3. The standard InChI is InChI=1S/C19H19ClFN3O2/c1-19(2,3)26-18(25)24-9-5-4-6-14(11-22)17(24)23-12-13-7-8-15(20)16(21)10-13/h4-10,23H,12H2,1-3H3. The normalized spacial score (nSPS) is 14.1. The maximum Gasteiger partial charge on any atom is 0.420 e. The summed E-state index contributed by atoms with van der Waals surface area (Å²) in [6.07, 6.45) is 5.71. The summed E-state index contributed by atoms with van der Waals surface area (Å²) < 4.78 is 19.0. The van der Waals surface area contributed by atoms with Crippen molar-refractivity contribution in [2.75, 3.05) is 0 Å². The number of nitrogens with zero attached hydrogens (tertiary/aromatic N) is 2. The number of carbonyl (C=O) groups is 1. The maximum atomic E-state index is 13.6. The molecule has 5 nitrogen and oxygen atoms in total. The van der Waals surface area contributed by atoms with Crippen molar-refractivity contribution < 1.29 is 13.9 Å². The van der Waals surface area contributed by atoms with Crippen LogP contribution in [0.15, 0.2) is 54.0 Å². The lowest BCUT2D eigenvalue weighted by Gasteiger charge is -2.27. The molecule has 7 heteroatoms. The Labute approximate surface area is 157 Å². The van der Waals surface area contributed by atoms with Gasteiger partial charge in [-0.25, -0.2) is 14.1 Å². The molecule has 1 aromatic carbocycles. The van der Waals surface area contributed by atoms with Crippen LogP contribution in [0.3, 0.4) is 0 Å². The Bertz CT molecular complexity index is 832. The van der Waals surface area contributed by atoms with Gasteiger partial charge in [-0.2, -0.15) is 5.26 Å². The second-order valence-electron chi connectivity index (χ2n) is 6.53. The molecule has 0 aromatic heterocycles. The summed E-state index contributed by atoms with van der Waals surface area (Å²) in [5.41, 5.74) is 0.162. The van der Waals surface area contributed by atoms with Crippen LogP contribution in [-0.4, -0.2) is 16.6 Å². The van der Waals surface area contributed by atoms with Gasteiger partial charge < -0.3 is 10.1 Å². The number of benzene rings is 1. The molecule has 0 saturated carbocycles. The summed E-state index contributed by atoms with van der Waals surface area (Å²) >= 11 is 5.69. The minimum absolute atomic E-state index is 0.0291. The number of nitriles is 1. The Hall–Kier alpha value is -2.78. The summed E-state index contributed by atoms with van der Waals surface area (Å²) in [6, 6.07) is 6.45. The average molecular weight is 376 g/mol. The summed E-state index contributed by atoms with van der Waals surface area (Å²) in [4.78, 5) is 13.7. The van der Waals surface area contributed by atoms with Crippen LogP contribution in [0, 0.1) is 17.1 Å². The summed E-state index contributed by atoms with van der Waals surface area (Å²) in [7, 11) is 0. The van der Waals surface area contributed by atoms with E-state index in [1.54, 1.807) is 45.1 Å². The molecule has 2 rings (SSSR count). The van der Waals surface area contributed by atoms with Crippen LogP contribution in [0.25, 0.3) is 0 Å². The molecule has 0 aliphatic carbocycles. The predicted molar refractivity (Wildman–Crippen MR) is 97.2 cm³/mol. The Balaban J connectivity index is 2.28. The van der Waals surface area contributed by atoms with E-state index >= 15 is 0 Å². The van der Waals surface area contributed by atoms with Crippen molar-refractivity contribution in [2.24, 2.45) is 0 Å². The molecule has 0 unspecified atom stereocenters. The van der Waals surface area contributed by atoms with Crippen molar-refractivity contribution in [3.8, 4) is 6.07 Å². The lowest BCUT2D eigenvalue weighted by atomic mass is 10.2. The Kier molecular flexibility index (Phi) is 6.06. The van der Waals surface area contributed by atoms with Crippen LogP contribution in [-0.2, 0) is 11.3 Å². The molecule has 26 heavy (non-hydrogen) atoms. The Morgan fingerprint density at radius 2 is 2.12 bits per heavy atom. The van der Waals surface area contributed by atoms with Gasteiger partial charge in [0.05, 0.1) is 10.6 Å². The van der Waals surface area contributed by atoms with Crippen LogP contribution < -0.4 is 5.32 Å². The number of nitrogens with one attached hydrogen (secondary N) is 1. The van der Waals surface area contributed by atoms with E-state index in [4.69, 9.17) is 16.3 Å². The minimum atomic E-state index is -0.693. The molecule has 0 radical (unpaired) electrons. The van der Waals surface area contributed by atoms with Crippen LogP contribution in [0.2, 0.25) is 5.02 Å². The highest BCUT2D eigenvalue weighted by molar-refractivity contribution is 6.30. The second-order valence-corrected chi connectivity index (χ2v) is 6.93. The summed E-state index contributed by atoms with van der Waals surface area (Å²) in [5.74, 6) is -0.285. The number of halogens is 2. The molecule has 0 atom stereocenters. The lowest BCUT2D eigenvalue weighted by molar-refractivity contribution is 0.0372. The molecule has 1 heterocycles. The van der Waals surface area contributed by atoms with Crippen molar-refractivity contribution in [3.05, 3.63) is 70.4 Å². The fourth-order valence-electron chi connectivity index (χ4n) is 2.14. The first-order chi connectivity index (χ1) is 12.2. The van der Waals surface area contributed by atoms with Crippen LogP contribution >= 0.6 is 11.6 Å². The third kappa shape index (κ3) is 5.11. The van der Waals surface area contributed by atoms with E-state index in [1.165, 1.54) is 23.2 Å². The van der Waals surface area contributed by atoms with Crippen molar-refractivity contribution >= 4 is 17.7 Å². The monoisotopic (exact) mass is 375 g/mol. The zero-order valence-corrected chi connectivity index (χ0v) is 15.5. The number of allylic oxidation sites excluding steroid dienone is 4. The van der Waals surface area contributed by atoms with E-state index in [2.05, 4.69) is 5.32 Å². The number of hydrogen-bond donors (Lipinski definition) is 1. The van der Waals surface area contributed by atoms with Crippen molar-refractivity contribution in [2.45, 2.75) is 32.9 Å². The third-order valence-corrected chi connectivity index (χ3v) is 3.57.